The molecule has 10 nitrogen and oxygen atoms in total. The molecule has 1 aromatic rings. The maximum Gasteiger partial charge on any atom is 0.372 e. The van der Waals surface area contributed by atoms with Crippen LogP contribution in [0.5, 0.6) is 0 Å². The number of aromatic nitrogens is 1. The van der Waals surface area contributed by atoms with E-state index in [1.165, 1.54) is 38.8 Å². The van der Waals surface area contributed by atoms with Crippen LogP contribution >= 0.6 is 0 Å². The quantitative estimate of drug-likeness (QED) is 0.455. The number of carbonyl (C=O) groups is 4. The first-order valence-corrected chi connectivity index (χ1v) is 9.44. The third-order valence-electron chi connectivity index (χ3n) is 4.03. The van der Waals surface area contributed by atoms with Gasteiger partial charge in [-0.1, -0.05) is 6.07 Å². The van der Waals surface area contributed by atoms with Gasteiger partial charge in [0.2, 0.25) is 11.6 Å². The van der Waals surface area contributed by atoms with Crippen LogP contribution in [0.2, 0.25) is 0 Å². The predicted octanol–water partition coefficient (Wildman–Crippen LogP) is 0.670. The van der Waals surface area contributed by atoms with Crippen LogP contribution in [0, 0.1) is 0 Å². The molecule has 0 aromatic carbocycles. The highest BCUT2D eigenvalue weighted by Gasteiger charge is 2.22. The van der Waals surface area contributed by atoms with Crippen LogP contribution in [0.1, 0.15) is 51.1 Å². The Balaban J connectivity index is 0.000000430. The molecular formula is C20H30N2O8. The summed E-state index contributed by atoms with van der Waals surface area (Å²) in [5.74, 6) is -4.89. The van der Waals surface area contributed by atoms with Crippen LogP contribution in [-0.2, 0) is 19.2 Å². The van der Waals surface area contributed by atoms with E-state index in [0.29, 0.717) is 6.04 Å². The molecule has 0 amide bonds. The number of aliphatic hydroxyl groups excluding tert-OH is 2. The molecular weight excluding hydrogens is 396 g/mol. The van der Waals surface area contributed by atoms with Crippen molar-refractivity contribution in [3.8, 4) is 0 Å². The molecule has 1 aliphatic heterocycles. The zero-order valence-corrected chi connectivity index (χ0v) is 17.4. The number of carbonyl (C=O) groups excluding carboxylic acids is 2. The van der Waals surface area contributed by atoms with E-state index < -0.39 is 35.7 Å². The molecule has 1 aromatic heterocycles. The van der Waals surface area contributed by atoms with Crippen molar-refractivity contribution in [3.05, 3.63) is 30.1 Å². The van der Waals surface area contributed by atoms with Crippen molar-refractivity contribution in [3.63, 3.8) is 0 Å². The van der Waals surface area contributed by atoms with Crippen LogP contribution in [0.15, 0.2) is 24.5 Å². The molecule has 3 unspecified atom stereocenters. The second-order valence-corrected chi connectivity index (χ2v) is 6.99. The van der Waals surface area contributed by atoms with Gasteiger partial charge in [-0.25, -0.2) is 9.59 Å². The first-order chi connectivity index (χ1) is 14.0. The summed E-state index contributed by atoms with van der Waals surface area (Å²) in [5.41, 5.74) is 1.36. The fourth-order valence-corrected chi connectivity index (χ4v) is 2.62. The largest absolute Gasteiger partial charge is 0.475 e. The van der Waals surface area contributed by atoms with Crippen LogP contribution in [0.4, 0.5) is 0 Å². The number of nitrogens with zero attached hydrogens (tertiary/aromatic N) is 2. The summed E-state index contributed by atoms with van der Waals surface area (Å²) in [6.45, 7) is 3.95. The number of carboxylic acids is 2. The minimum absolute atomic E-state index is 0.310. The maximum absolute atomic E-state index is 10.2. The number of likely N-dealkylation sites (tertiary alicyclic amines) is 1. The Labute approximate surface area is 175 Å². The molecule has 2 heterocycles. The monoisotopic (exact) mass is 426 g/mol. The Morgan fingerprint density at radius 3 is 1.83 bits per heavy atom. The molecule has 0 radical (unpaired) electrons. The molecule has 0 saturated carbocycles. The van der Waals surface area contributed by atoms with Crippen LogP contribution < -0.4 is 0 Å². The fraction of sp³-hybridized carbons (Fsp3) is 0.550. The average Bonchev–Trinajstić information content (AvgIpc) is 3.08. The predicted molar refractivity (Wildman–Crippen MR) is 107 cm³/mol. The molecule has 1 saturated heterocycles. The van der Waals surface area contributed by atoms with Crippen molar-refractivity contribution in [2.75, 3.05) is 13.6 Å². The van der Waals surface area contributed by atoms with Gasteiger partial charge in [0.1, 0.15) is 0 Å². The summed E-state index contributed by atoms with van der Waals surface area (Å²) < 4.78 is 0. The first-order valence-electron chi connectivity index (χ1n) is 9.44. The second-order valence-electron chi connectivity index (χ2n) is 6.99. The first kappa shape index (κ1) is 27.3. The minimum atomic E-state index is -1.49. The number of rotatable bonds is 7. The zero-order chi connectivity index (χ0) is 23.3. The third-order valence-corrected chi connectivity index (χ3v) is 4.03. The van der Waals surface area contributed by atoms with Gasteiger partial charge in [-0.05, 0) is 51.9 Å². The summed E-state index contributed by atoms with van der Waals surface area (Å²) in [4.78, 5) is 46.5. The number of Topliss-reactive ketones (excluding diaryl/α,β-unsaturated/α-hetero) is 2. The number of aliphatic hydroxyl groups is 2. The molecule has 2 rings (SSSR count). The molecule has 3 atom stereocenters. The van der Waals surface area contributed by atoms with Crippen LogP contribution in [-0.4, -0.2) is 79.6 Å². The molecule has 1 fully saturated rings. The summed E-state index contributed by atoms with van der Waals surface area (Å²) in [6.07, 6.45) is 4.05. The van der Waals surface area contributed by atoms with Gasteiger partial charge in [-0.2, -0.15) is 0 Å². The minimum Gasteiger partial charge on any atom is -0.475 e. The topological polar surface area (TPSA) is 165 Å². The summed E-state index contributed by atoms with van der Waals surface area (Å²) in [5, 5.41) is 32.9. The maximum atomic E-state index is 10.2. The number of aliphatic carboxylic acids is 2. The van der Waals surface area contributed by atoms with Gasteiger partial charge in [0.15, 0.2) is 0 Å². The van der Waals surface area contributed by atoms with Gasteiger partial charge in [0.05, 0.1) is 12.2 Å². The Hall–Kier alpha value is -2.69. The van der Waals surface area contributed by atoms with E-state index in [1.54, 1.807) is 0 Å². The number of carboxylic acid groups (broad SMARTS) is 2. The van der Waals surface area contributed by atoms with Gasteiger partial charge >= 0.3 is 11.9 Å². The second kappa shape index (κ2) is 14.3. The number of pyridine rings is 1. The summed E-state index contributed by atoms with van der Waals surface area (Å²) in [6, 6.07) is 4.79. The van der Waals surface area contributed by atoms with E-state index in [0.717, 1.165) is 0 Å². The standard InChI is InChI=1S/C10H14N2.2C5H8O4/c1-12-7-3-5-10(12)9-4-2-6-11-8-9;2*1-3(6)2-4(7)5(8)9/h2,4,6,8,10H,3,5,7H2,1H3;2*3,6H,2H2,1H3,(H,8,9). The number of hydrogen-bond acceptors (Lipinski definition) is 8. The Bertz CT molecular complexity index is 659. The molecule has 0 aliphatic carbocycles. The summed E-state index contributed by atoms with van der Waals surface area (Å²) >= 11 is 0. The molecule has 1 aliphatic rings. The molecule has 0 bridgehead atoms. The molecule has 168 valence electrons. The van der Waals surface area contributed by atoms with Gasteiger partial charge in [-0.3, -0.25) is 19.5 Å². The SMILES string of the molecule is CC(O)CC(=O)C(=O)O.CC(O)CC(=O)C(=O)O.CN1CCCC1c1cccnc1. The Morgan fingerprint density at radius 1 is 1.07 bits per heavy atom. The smallest absolute Gasteiger partial charge is 0.372 e. The van der Waals surface area contributed by atoms with Crippen molar-refractivity contribution < 1.29 is 39.6 Å². The van der Waals surface area contributed by atoms with Crippen molar-refractivity contribution in [1.82, 2.24) is 9.88 Å². The van der Waals surface area contributed by atoms with E-state index in [9.17, 15) is 19.2 Å². The normalized spacial score (nSPS) is 17.4. The number of hydrogen-bond donors (Lipinski definition) is 4. The van der Waals surface area contributed by atoms with E-state index in [-0.39, 0.29) is 12.8 Å². The lowest BCUT2D eigenvalue weighted by Gasteiger charge is -2.18. The lowest BCUT2D eigenvalue weighted by Crippen LogP contribution is -2.17. The molecule has 30 heavy (non-hydrogen) atoms. The Morgan fingerprint density at radius 2 is 1.57 bits per heavy atom. The highest BCUT2D eigenvalue weighted by atomic mass is 16.4. The summed E-state index contributed by atoms with van der Waals surface area (Å²) in [7, 11) is 2.19. The molecule has 4 N–H and O–H groups in total. The van der Waals surface area contributed by atoms with E-state index in [4.69, 9.17) is 20.4 Å². The lowest BCUT2D eigenvalue weighted by atomic mass is 10.1. The van der Waals surface area contributed by atoms with Crippen LogP contribution in [0.25, 0.3) is 0 Å². The van der Waals surface area contributed by atoms with E-state index in [2.05, 4.69) is 23.0 Å². The zero-order valence-electron chi connectivity index (χ0n) is 17.4. The van der Waals surface area contributed by atoms with Gasteiger partial charge in [-0.15, -0.1) is 0 Å². The lowest BCUT2D eigenvalue weighted by molar-refractivity contribution is -0.150. The number of ketones is 2. The molecule has 0 spiro atoms. The highest BCUT2D eigenvalue weighted by molar-refractivity contribution is 6.33. The van der Waals surface area contributed by atoms with E-state index >= 15 is 0 Å². The molecule has 10 heteroatoms. The average molecular weight is 426 g/mol. The fourth-order valence-electron chi connectivity index (χ4n) is 2.62. The van der Waals surface area contributed by atoms with Gasteiger partial charge in [0, 0.05) is 31.3 Å². The van der Waals surface area contributed by atoms with Crippen molar-refractivity contribution in [1.29, 1.82) is 0 Å². The highest BCUT2D eigenvalue weighted by Crippen LogP contribution is 2.29. The third kappa shape index (κ3) is 12.0. The van der Waals surface area contributed by atoms with Gasteiger partial charge in [0.25, 0.3) is 0 Å². The van der Waals surface area contributed by atoms with Crippen molar-refractivity contribution in [2.24, 2.45) is 0 Å². The van der Waals surface area contributed by atoms with Crippen molar-refractivity contribution in [2.45, 2.75) is 57.8 Å². The van der Waals surface area contributed by atoms with Crippen molar-refractivity contribution >= 4 is 23.5 Å². The Kier molecular flexibility index (Phi) is 13.0. The van der Waals surface area contributed by atoms with Gasteiger partial charge < -0.3 is 20.4 Å². The van der Waals surface area contributed by atoms with E-state index in [1.807, 2.05) is 18.5 Å². The van der Waals surface area contributed by atoms with Crippen LogP contribution in [0.3, 0.4) is 0 Å².